The van der Waals surface area contributed by atoms with Gasteiger partial charge >= 0.3 is 5.97 Å². The fourth-order valence-electron chi connectivity index (χ4n) is 1.82. The number of amides is 1. The predicted octanol–water partition coefficient (Wildman–Crippen LogP) is 1.73. The lowest BCUT2D eigenvalue weighted by Crippen LogP contribution is -2.22. The Morgan fingerprint density at radius 2 is 2.10 bits per heavy atom. The van der Waals surface area contributed by atoms with Crippen LogP contribution in [0.2, 0.25) is 0 Å². The molecule has 1 aliphatic rings. The van der Waals surface area contributed by atoms with E-state index in [-0.39, 0.29) is 17.3 Å². The van der Waals surface area contributed by atoms with Crippen molar-refractivity contribution in [1.29, 1.82) is 0 Å². The van der Waals surface area contributed by atoms with Crippen LogP contribution in [0.5, 0.6) is 0 Å². The highest BCUT2D eigenvalue weighted by atomic mass is 16.6. The van der Waals surface area contributed by atoms with Crippen LogP contribution in [-0.2, 0) is 14.3 Å². The lowest BCUT2D eigenvalue weighted by Gasteiger charge is -2.06. The van der Waals surface area contributed by atoms with E-state index >= 15 is 0 Å². The summed E-state index contributed by atoms with van der Waals surface area (Å²) in [4.78, 5) is 33.2. The molecule has 7 heteroatoms. The fraction of sp³-hybridized carbons (Fsp3) is 0.385. The fourth-order valence-corrected chi connectivity index (χ4v) is 1.82. The summed E-state index contributed by atoms with van der Waals surface area (Å²) in [6, 6.07) is 5.77. The third kappa shape index (κ3) is 3.31. The summed E-state index contributed by atoms with van der Waals surface area (Å²) in [5.41, 5.74) is -0.124. The van der Waals surface area contributed by atoms with E-state index in [9.17, 15) is 19.7 Å². The molecule has 7 nitrogen and oxygen atoms in total. The number of nitro groups is 1. The Hall–Kier alpha value is -2.44. The molecule has 2 atom stereocenters. The average molecular weight is 278 g/mol. The maximum atomic E-state index is 11.6. The smallest absolute Gasteiger partial charge is 0.309 e. The number of hydrogen-bond donors (Lipinski definition) is 1. The highest BCUT2D eigenvalue weighted by molar-refractivity contribution is 5.95. The second-order valence-corrected chi connectivity index (χ2v) is 4.75. The zero-order valence-corrected chi connectivity index (χ0v) is 10.9. The molecule has 0 spiro atoms. The molecular formula is C13H14N2O5. The first kappa shape index (κ1) is 14.0. The van der Waals surface area contributed by atoms with E-state index in [4.69, 9.17) is 4.74 Å². The lowest BCUT2D eigenvalue weighted by atomic mass is 10.2. The first-order valence-corrected chi connectivity index (χ1v) is 6.19. The van der Waals surface area contributed by atoms with Crippen molar-refractivity contribution in [3.05, 3.63) is 34.4 Å². The number of anilines is 1. The first-order valence-electron chi connectivity index (χ1n) is 6.19. The van der Waals surface area contributed by atoms with Crippen LogP contribution in [-0.4, -0.2) is 23.4 Å². The van der Waals surface area contributed by atoms with Gasteiger partial charge in [0, 0.05) is 6.07 Å². The molecule has 1 aromatic carbocycles. The Bertz CT molecular complexity index is 557. The largest absolute Gasteiger partial charge is 0.455 e. The standard InChI is InChI=1S/C13H14N2O5/c1-8-6-9(8)13(17)20-7-12(16)14-10-4-2-3-5-11(10)15(18)19/h2-5,8-9H,6-7H2,1H3,(H,14,16)/t8-,9+/m1/s1. The average Bonchev–Trinajstić information content (AvgIpc) is 3.13. The number of ether oxygens (including phenoxy) is 1. The number of para-hydroxylation sites is 2. The Balaban J connectivity index is 1.88. The van der Waals surface area contributed by atoms with E-state index in [1.807, 2.05) is 6.92 Å². The second kappa shape index (κ2) is 5.68. The van der Waals surface area contributed by atoms with Gasteiger partial charge in [0.2, 0.25) is 0 Å². The second-order valence-electron chi connectivity index (χ2n) is 4.75. The molecule has 0 saturated heterocycles. The van der Waals surface area contributed by atoms with Gasteiger partial charge in [-0.15, -0.1) is 0 Å². The zero-order valence-electron chi connectivity index (χ0n) is 10.9. The van der Waals surface area contributed by atoms with Crippen molar-refractivity contribution < 1.29 is 19.2 Å². The van der Waals surface area contributed by atoms with Crippen LogP contribution in [0.1, 0.15) is 13.3 Å². The van der Waals surface area contributed by atoms with Crippen molar-refractivity contribution in [2.45, 2.75) is 13.3 Å². The summed E-state index contributed by atoms with van der Waals surface area (Å²) >= 11 is 0. The predicted molar refractivity (Wildman–Crippen MR) is 70.0 cm³/mol. The van der Waals surface area contributed by atoms with E-state index in [2.05, 4.69) is 5.32 Å². The summed E-state index contributed by atoms with van der Waals surface area (Å²) in [6.07, 6.45) is 0.782. The Morgan fingerprint density at radius 1 is 1.45 bits per heavy atom. The van der Waals surface area contributed by atoms with E-state index in [1.54, 1.807) is 6.07 Å². The molecule has 20 heavy (non-hydrogen) atoms. The van der Waals surface area contributed by atoms with Gasteiger partial charge < -0.3 is 10.1 Å². The molecule has 1 aliphatic carbocycles. The maximum Gasteiger partial charge on any atom is 0.309 e. The monoisotopic (exact) mass is 278 g/mol. The molecule has 2 rings (SSSR count). The molecule has 1 aromatic rings. The van der Waals surface area contributed by atoms with Crippen molar-refractivity contribution in [3.63, 3.8) is 0 Å². The van der Waals surface area contributed by atoms with Gasteiger partial charge in [0.1, 0.15) is 5.69 Å². The molecular weight excluding hydrogens is 264 g/mol. The molecule has 0 aromatic heterocycles. The van der Waals surface area contributed by atoms with Gasteiger partial charge in [-0.05, 0) is 18.4 Å². The topological polar surface area (TPSA) is 98.5 Å². The van der Waals surface area contributed by atoms with Crippen molar-refractivity contribution in [2.75, 3.05) is 11.9 Å². The highest BCUT2D eigenvalue weighted by Crippen LogP contribution is 2.38. The Labute approximate surface area is 115 Å². The minimum absolute atomic E-state index is 0.0818. The number of benzene rings is 1. The number of nitrogens with zero attached hydrogens (tertiary/aromatic N) is 1. The third-order valence-corrected chi connectivity index (χ3v) is 3.13. The highest BCUT2D eigenvalue weighted by Gasteiger charge is 2.40. The third-order valence-electron chi connectivity index (χ3n) is 3.13. The number of carbonyl (C=O) groups is 2. The van der Waals surface area contributed by atoms with E-state index < -0.39 is 23.4 Å². The van der Waals surface area contributed by atoms with Crippen LogP contribution in [0.4, 0.5) is 11.4 Å². The van der Waals surface area contributed by atoms with Gasteiger partial charge in [0.05, 0.1) is 10.8 Å². The van der Waals surface area contributed by atoms with Gasteiger partial charge in [-0.3, -0.25) is 19.7 Å². The number of hydrogen-bond acceptors (Lipinski definition) is 5. The number of nitrogens with one attached hydrogen (secondary N) is 1. The van der Waals surface area contributed by atoms with Crippen molar-refractivity contribution >= 4 is 23.3 Å². The lowest BCUT2D eigenvalue weighted by molar-refractivity contribution is -0.383. The minimum atomic E-state index is -0.596. The quantitative estimate of drug-likeness (QED) is 0.502. The molecule has 0 heterocycles. The first-order chi connectivity index (χ1) is 9.49. The minimum Gasteiger partial charge on any atom is -0.455 e. The van der Waals surface area contributed by atoms with Crippen LogP contribution in [0.3, 0.4) is 0 Å². The molecule has 1 saturated carbocycles. The number of nitro benzene ring substituents is 1. The van der Waals surface area contributed by atoms with Crippen molar-refractivity contribution in [2.24, 2.45) is 11.8 Å². The SMILES string of the molecule is C[C@@H]1C[C@@H]1C(=O)OCC(=O)Nc1ccccc1[N+](=O)[O-]. The van der Waals surface area contributed by atoms with Crippen LogP contribution >= 0.6 is 0 Å². The van der Waals surface area contributed by atoms with Crippen molar-refractivity contribution in [3.8, 4) is 0 Å². The summed E-state index contributed by atoms with van der Waals surface area (Å²) in [5.74, 6) is -0.800. The van der Waals surface area contributed by atoms with Crippen molar-refractivity contribution in [1.82, 2.24) is 0 Å². The summed E-state index contributed by atoms with van der Waals surface area (Å²) in [5, 5.41) is 13.1. The molecule has 1 N–H and O–H groups in total. The number of esters is 1. The zero-order chi connectivity index (χ0) is 14.7. The molecule has 1 fully saturated rings. The number of carbonyl (C=O) groups excluding carboxylic acids is 2. The Morgan fingerprint density at radius 3 is 2.70 bits per heavy atom. The number of rotatable bonds is 5. The Kier molecular flexibility index (Phi) is 3.97. The summed E-state index contributed by atoms with van der Waals surface area (Å²) in [6.45, 7) is 1.49. The maximum absolute atomic E-state index is 11.6. The van der Waals surface area contributed by atoms with E-state index in [1.165, 1.54) is 18.2 Å². The van der Waals surface area contributed by atoms with Gasteiger partial charge in [-0.1, -0.05) is 19.1 Å². The van der Waals surface area contributed by atoms with Crippen LogP contribution in [0.15, 0.2) is 24.3 Å². The van der Waals surface area contributed by atoms with E-state index in [0.29, 0.717) is 5.92 Å². The summed E-state index contributed by atoms with van der Waals surface area (Å²) < 4.78 is 4.85. The van der Waals surface area contributed by atoms with Crippen LogP contribution in [0, 0.1) is 22.0 Å². The normalized spacial score (nSPS) is 20.1. The van der Waals surface area contributed by atoms with Gasteiger partial charge in [0.15, 0.2) is 6.61 Å². The van der Waals surface area contributed by atoms with Gasteiger partial charge in [0.25, 0.3) is 11.6 Å². The van der Waals surface area contributed by atoms with Gasteiger partial charge in [-0.25, -0.2) is 0 Å². The summed E-state index contributed by atoms with van der Waals surface area (Å²) in [7, 11) is 0. The van der Waals surface area contributed by atoms with E-state index in [0.717, 1.165) is 6.42 Å². The molecule has 0 bridgehead atoms. The van der Waals surface area contributed by atoms with Crippen LogP contribution < -0.4 is 5.32 Å². The molecule has 1 amide bonds. The molecule has 0 aliphatic heterocycles. The van der Waals surface area contributed by atoms with Gasteiger partial charge in [-0.2, -0.15) is 0 Å². The molecule has 0 unspecified atom stereocenters. The molecule has 106 valence electrons. The van der Waals surface area contributed by atoms with Crippen LogP contribution in [0.25, 0.3) is 0 Å². The molecule has 0 radical (unpaired) electrons.